The number of aryl methyl sites for hydroxylation is 1. The first-order chi connectivity index (χ1) is 9.69. The van der Waals surface area contributed by atoms with Crippen LogP contribution in [0.25, 0.3) is 0 Å². The van der Waals surface area contributed by atoms with Gasteiger partial charge in [0, 0.05) is 25.1 Å². The van der Waals surface area contributed by atoms with E-state index in [1.54, 1.807) is 30.3 Å². The Balaban J connectivity index is 2.40. The third-order valence-electron chi connectivity index (χ3n) is 3.05. The van der Waals surface area contributed by atoms with Crippen molar-refractivity contribution in [3.8, 4) is 0 Å². The first-order valence-electron chi connectivity index (χ1n) is 6.36. The van der Waals surface area contributed by atoms with Crippen LogP contribution < -0.4 is 0 Å². The summed E-state index contributed by atoms with van der Waals surface area (Å²) in [5, 5.41) is 4.48. The maximum absolute atomic E-state index is 12.7. The number of carbonyl (C=O) groups is 1. The topological polar surface area (TPSA) is 57.0 Å². The summed E-state index contributed by atoms with van der Waals surface area (Å²) in [6.07, 6.45) is 5.53. The van der Waals surface area contributed by atoms with Gasteiger partial charge in [-0.2, -0.15) is 5.10 Å². The van der Waals surface area contributed by atoms with Crippen molar-refractivity contribution in [1.29, 1.82) is 0 Å². The molecular formula is C14H16ClN3O2. The average molecular weight is 294 g/mol. The lowest BCUT2D eigenvalue weighted by Gasteiger charge is -2.09. The molecule has 0 bridgehead atoms. The van der Waals surface area contributed by atoms with Crippen molar-refractivity contribution in [1.82, 2.24) is 14.8 Å². The molecule has 6 heteroatoms. The summed E-state index contributed by atoms with van der Waals surface area (Å²) in [4.78, 5) is 16.7. The van der Waals surface area contributed by atoms with Gasteiger partial charge in [0.1, 0.15) is 5.69 Å². The fraction of sp³-hybridized carbons (Fsp3) is 0.357. The molecule has 0 saturated heterocycles. The molecule has 2 heterocycles. The Morgan fingerprint density at radius 1 is 1.45 bits per heavy atom. The van der Waals surface area contributed by atoms with Crippen molar-refractivity contribution in [3.05, 3.63) is 46.5 Å². The van der Waals surface area contributed by atoms with Gasteiger partial charge in [0.25, 0.3) is 0 Å². The van der Waals surface area contributed by atoms with Crippen LogP contribution in [0.4, 0.5) is 0 Å². The molecule has 106 valence electrons. The molecule has 0 N–H and O–H groups in total. The molecule has 0 aromatic carbocycles. The molecule has 0 amide bonds. The van der Waals surface area contributed by atoms with Crippen LogP contribution in [0.3, 0.4) is 0 Å². The summed E-state index contributed by atoms with van der Waals surface area (Å²) in [5.41, 5.74) is 1.90. The van der Waals surface area contributed by atoms with Crippen molar-refractivity contribution in [2.45, 2.75) is 19.9 Å². The molecule has 0 aliphatic carbocycles. The third-order valence-corrected chi connectivity index (χ3v) is 3.32. The molecule has 0 radical (unpaired) electrons. The minimum atomic E-state index is -0.136. The minimum Gasteiger partial charge on any atom is -0.383 e. The zero-order chi connectivity index (χ0) is 14.5. The van der Waals surface area contributed by atoms with Crippen LogP contribution in [0, 0.1) is 0 Å². The summed E-state index contributed by atoms with van der Waals surface area (Å²) in [7, 11) is 1.60. The van der Waals surface area contributed by atoms with Crippen LogP contribution in [0.5, 0.6) is 0 Å². The van der Waals surface area contributed by atoms with Gasteiger partial charge in [0.15, 0.2) is 0 Å². The lowest BCUT2D eigenvalue weighted by Crippen LogP contribution is -2.16. The molecule has 5 nitrogen and oxygen atoms in total. The fourth-order valence-electron chi connectivity index (χ4n) is 1.99. The number of hydrogen-bond donors (Lipinski definition) is 0. The molecule has 2 aromatic heterocycles. The second-order valence-corrected chi connectivity index (χ2v) is 4.68. The molecule has 0 fully saturated rings. The summed E-state index contributed by atoms with van der Waals surface area (Å²) in [6, 6.07) is 1.71. The molecule has 0 aliphatic heterocycles. The van der Waals surface area contributed by atoms with E-state index in [0.717, 1.165) is 12.0 Å². The SMILES string of the molecule is CCc1cnccc1C(=O)c1c(Cl)cnn1CCOC. The number of pyridine rings is 1. The van der Waals surface area contributed by atoms with Crippen LogP contribution in [0.2, 0.25) is 5.02 Å². The Morgan fingerprint density at radius 3 is 2.95 bits per heavy atom. The maximum Gasteiger partial charge on any atom is 0.212 e. The molecule has 0 unspecified atom stereocenters. The molecule has 20 heavy (non-hydrogen) atoms. The zero-order valence-electron chi connectivity index (χ0n) is 11.5. The fourth-order valence-corrected chi connectivity index (χ4v) is 2.22. The molecule has 0 spiro atoms. The summed E-state index contributed by atoms with van der Waals surface area (Å²) in [5.74, 6) is -0.136. The number of ether oxygens (including phenoxy) is 1. The number of methoxy groups -OCH3 is 1. The normalized spacial score (nSPS) is 10.8. The van der Waals surface area contributed by atoms with E-state index in [1.165, 1.54) is 6.20 Å². The molecule has 2 rings (SSSR count). The van der Waals surface area contributed by atoms with E-state index in [1.807, 2.05) is 6.92 Å². The highest BCUT2D eigenvalue weighted by atomic mass is 35.5. The predicted octanol–water partition coefficient (Wildman–Crippen LogP) is 2.37. The first-order valence-corrected chi connectivity index (χ1v) is 6.74. The number of hydrogen-bond acceptors (Lipinski definition) is 4. The van der Waals surface area contributed by atoms with Crippen molar-refractivity contribution in [2.24, 2.45) is 0 Å². The van der Waals surface area contributed by atoms with Gasteiger partial charge in [-0.15, -0.1) is 0 Å². The van der Waals surface area contributed by atoms with E-state index in [9.17, 15) is 4.79 Å². The summed E-state index contributed by atoms with van der Waals surface area (Å²) >= 11 is 6.10. The Kier molecular flexibility index (Phi) is 4.87. The second kappa shape index (κ2) is 6.63. The first kappa shape index (κ1) is 14.7. The predicted molar refractivity (Wildman–Crippen MR) is 76.2 cm³/mol. The van der Waals surface area contributed by atoms with Gasteiger partial charge in [0.05, 0.1) is 24.4 Å². The molecule has 0 aliphatic rings. The lowest BCUT2D eigenvalue weighted by molar-refractivity contribution is 0.102. The van der Waals surface area contributed by atoms with Crippen LogP contribution >= 0.6 is 11.6 Å². The second-order valence-electron chi connectivity index (χ2n) is 4.27. The van der Waals surface area contributed by atoms with E-state index < -0.39 is 0 Å². The zero-order valence-corrected chi connectivity index (χ0v) is 12.2. The van der Waals surface area contributed by atoms with Gasteiger partial charge < -0.3 is 4.74 Å². The smallest absolute Gasteiger partial charge is 0.212 e. The Hall–Kier alpha value is -1.72. The number of nitrogens with zero attached hydrogens (tertiary/aromatic N) is 3. The van der Waals surface area contributed by atoms with E-state index in [-0.39, 0.29) is 5.78 Å². The highest BCUT2D eigenvalue weighted by Crippen LogP contribution is 2.21. The van der Waals surface area contributed by atoms with Crippen LogP contribution in [-0.2, 0) is 17.7 Å². The van der Waals surface area contributed by atoms with Crippen molar-refractivity contribution in [2.75, 3.05) is 13.7 Å². The Labute approximate surface area is 122 Å². The summed E-state index contributed by atoms with van der Waals surface area (Å²) in [6.45, 7) is 2.93. The van der Waals surface area contributed by atoms with Crippen molar-refractivity contribution < 1.29 is 9.53 Å². The van der Waals surface area contributed by atoms with E-state index >= 15 is 0 Å². The Morgan fingerprint density at radius 2 is 2.25 bits per heavy atom. The quantitative estimate of drug-likeness (QED) is 0.767. The highest BCUT2D eigenvalue weighted by Gasteiger charge is 2.21. The van der Waals surface area contributed by atoms with Crippen LogP contribution in [-0.4, -0.2) is 34.3 Å². The number of rotatable bonds is 6. The molecular weight excluding hydrogens is 278 g/mol. The van der Waals surface area contributed by atoms with E-state index in [0.29, 0.717) is 29.4 Å². The largest absolute Gasteiger partial charge is 0.383 e. The van der Waals surface area contributed by atoms with Gasteiger partial charge in [-0.25, -0.2) is 0 Å². The maximum atomic E-state index is 12.7. The van der Waals surface area contributed by atoms with E-state index in [4.69, 9.17) is 16.3 Å². The molecule has 0 atom stereocenters. The van der Waals surface area contributed by atoms with Gasteiger partial charge in [-0.05, 0) is 18.1 Å². The van der Waals surface area contributed by atoms with Gasteiger partial charge >= 0.3 is 0 Å². The minimum absolute atomic E-state index is 0.136. The van der Waals surface area contributed by atoms with Gasteiger partial charge in [-0.1, -0.05) is 18.5 Å². The Bertz CT molecular complexity index is 610. The standard InChI is InChI=1S/C14H16ClN3O2/c1-3-10-8-16-5-4-11(10)14(19)13-12(15)9-17-18(13)6-7-20-2/h4-5,8-9H,3,6-7H2,1-2H3. The van der Waals surface area contributed by atoms with Crippen molar-refractivity contribution >= 4 is 17.4 Å². The van der Waals surface area contributed by atoms with E-state index in [2.05, 4.69) is 10.1 Å². The summed E-state index contributed by atoms with van der Waals surface area (Å²) < 4.78 is 6.59. The molecule has 2 aromatic rings. The number of halogens is 1. The van der Waals surface area contributed by atoms with Gasteiger partial charge in [-0.3, -0.25) is 14.5 Å². The van der Waals surface area contributed by atoms with Crippen LogP contribution in [0.1, 0.15) is 28.5 Å². The number of carbonyl (C=O) groups excluding carboxylic acids is 1. The van der Waals surface area contributed by atoms with Gasteiger partial charge in [0.2, 0.25) is 5.78 Å². The third kappa shape index (κ3) is 2.89. The lowest BCUT2D eigenvalue weighted by atomic mass is 10.0. The average Bonchev–Trinajstić information content (AvgIpc) is 2.85. The van der Waals surface area contributed by atoms with Crippen LogP contribution in [0.15, 0.2) is 24.7 Å². The molecule has 0 saturated carbocycles. The van der Waals surface area contributed by atoms with Crippen molar-refractivity contribution in [3.63, 3.8) is 0 Å². The number of aromatic nitrogens is 3. The monoisotopic (exact) mass is 293 g/mol. The number of ketones is 1. The highest BCUT2D eigenvalue weighted by molar-refractivity contribution is 6.34.